The van der Waals surface area contributed by atoms with E-state index in [0.29, 0.717) is 0 Å². The third kappa shape index (κ3) is 8.11. The van der Waals surface area contributed by atoms with Crippen molar-refractivity contribution in [3.8, 4) is 11.1 Å². The SMILES string of the molecule is CC1=[C-]CC=C1.Cl.Cl.[CH3-].[CH3-].[SiH2]=[Ti].[c-]1cccc2c1Cc1ccccc1-2. The van der Waals surface area contributed by atoms with Gasteiger partial charge in [0.05, 0.1) is 0 Å². The van der Waals surface area contributed by atoms with Crippen LogP contribution in [0.4, 0.5) is 0 Å². The van der Waals surface area contributed by atoms with Crippen molar-refractivity contribution in [3.63, 3.8) is 0 Å². The number of benzene rings is 2. The van der Waals surface area contributed by atoms with Gasteiger partial charge in [0, 0.05) is 0 Å². The quantitative estimate of drug-likeness (QED) is 0.326. The van der Waals surface area contributed by atoms with Crippen LogP contribution in [0, 0.1) is 27.0 Å². The third-order valence-electron chi connectivity index (χ3n) is 3.48. The Morgan fingerprint density at radius 1 is 0.960 bits per heavy atom. The van der Waals surface area contributed by atoms with E-state index in [1.165, 1.54) is 27.8 Å². The van der Waals surface area contributed by atoms with Crippen molar-refractivity contribution in [1.29, 1.82) is 0 Å². The minimum atomic E-state index is 0. The summed E-state index contributed by atoms with van der Waals surface area (Å²) in [6.07, 6.45) is 9.38. The number of fused-ring (bicyclic) bond motifs is 3. The first-order chi connectivity index (χ1) is 10.3. The zero-order valence-electron chi connectivity index (χ0n) is 15.1. The molecule has 0 aliphatic heterocycles. The van der Waals surface area contributed by atoms with Crippen molar-refractivity contribution in [3.05, 3.63) is 98.3 Å². The van der Waals surface area contributed by atoms with Crippen LogP contribution in [0.1, 0.15) is 24.5 Å². The summed E-state index contributed by atoms with van der Waals surface area (Å²) >= 11 is 2.03. The topological polar surface area (TPSA) is 0 Å². The monoisotopic (exact) mass is 424 g/mol. The van der Waals surface area contributed by atoms with Crippen LogP contribution in [0.5, 0.6) is 0 Å². The smallest absolute Gasteiger partial charge is 0.0253 e. The molecule has 2 aliphatic carbocycles. The van der Waals surface area contributed by atoms with Gasteiger partial charge in [-0.1, -0.05) is 42.3 Å². The van der Waals surface area contributed by atoms with Crippen LogP contribution < -0.4 is 0 Å². The first-order valence-corrected chi connectivity index (χ1v) is 11.0. The molecule has 0 heterocycles. The van der Waals surface area contributed by atoms with Crippen molar-refractivity contribution < 1.29 is 19.2 Å². The fourth-order valence-corrected chi connectivity index (χ4v) is 2.51. The van der Waals surface area contributed by atoms with E-state index in [-0.39, 0.29) is 39.7 Å². The first-order valence-electron chi connectivity index (χ1n) is 7.02. The molecule has 0 atom stereocenters. The van der Waals surface area contributed by atoms with Crippen LogP contribution in [0.3, 0.4) is 0 Å². The average Bonchev–Trinajstić information content (AvgIpc) is 3.16. The number of halogens is 2. The van der Waals surface area contributed by atoms with Crippen molar-refractivity contribution >= 4 is 32.4 Å². The van der Waals surface area contributed by atoms with E-state index in [0.717, 1.165) is 12.8 Å². The van der Waals surface area contributed by atoms with Gasteiger partial charge in [0.1, 0.15) is 0 Å². The van der Waals surface area contributed by atoms with Gasteiger partial charge in [-0.15, -0.1) is 36.8 Å². The number of hydrogen-bond acceptors (Lipinski definition) is 0. The minimum absolute atomic E-state index is 0. The van der Waals surface area contributed by atoms with Crippen LogP contribution in [0.15, 0.2) is 60.2 Å². The molecule has 136 valence electrons. The van der Waals surface area contributed by atoms with Crippen molar-refractivity contribution in [2.24, 2.45) is 0 Å². The molecule has 0 N–H and O–H groups in total. The normalized spacial score (nSPS) is 11.0. The van der Waals surface area contributed by atoms with E-state index in [1.54, 1.807) is 0 Å². The fraction of sp³-hybridized carbons (Fsp3) is 0.143. The Morgan fingerprint density at radius 3 is 2.16 bits per heavy atom. The summed E-state index contributed by atoms with van der Waals surface area (Å²) in [6.45, 7) is 2.06. The minimum Gasteiger partial charge on any atom is -0.179 e. The molecule has 0 radical (unpaired) electrons. The summed E-state index contributed by atoms with van der Waals surface area (Å²) in [5, 5.41) is 0. The predicted octanol–water partition coefficient (Wildman–Crippen LogP) is 5.58. The van der Waals surface area contributed by atoms with Gasteiger partial charge in [-0.25, -0.2) is 11.6 Å². The summed E-state index contributed by atoms with van der Waals surface area (Å²) in [7, 11) is 1.86. The van der Waals surface area contributed by atoms with E-state index in [9.17, 15) is 0 Å². The van der Waals surface area contributed by atoms with Gasteiger partial charge >= 0.3 is 26.8 Å². The molecule has 0 saturated carbocycles. The summed E-state index contributed by atoms with van der Waals surface area (Å²) < 4.78 is 0. The Morgan fingerprint density at radius 2 is 1.60 bits per heavy atom. The Labute approximate surface area is 180 Å². The molecule has 4 heteroatoms. The second-order valence-corrected chi connectivity index (χ2v) is 4.86. The van der Waals surface area contributed by atoms with Crippen molar-refractivity contribution in [1.82, 2.24) is 0 Å². The standard InChI is InChI=1S/C13H9.C6H7.2CH3.2ClH.H2Si.Ti/c1-3-7-12-10(5-1)9-11-6-2-4-8-13(11)12;1-6-4-2-3-5-6;;;;;;/h1-5,7-8H,9H2;2,4H,3H2,1H3;2*1H3;2*1H;1H2;/q4*-1;;;;. The number of allylic oxidation sites excluding steroid dienone is 4. The van der Waals surface area contributed by atoms with Crippen LogP contribution in [-0.2, 0) is 25.6 Å². The molecule has 0 aromatic heterocycles. The molecule has 4 rings (SSSR count). The Hall–Kier alpha value is -0.569. The molecule has 0 nitrogen and oxygen atoms in total. The molecule has 2 aliphatic rings. The van der Waals surface area contributed by atoms with E-state index in [1.807, 2.05) is 32.9 Å². The summed E-state index contributed by atoms with van der Waals surface area (Å²) in [5.74, 6) is 0. The Kier molecular flexibility index (Phi) is 18.3. The number of hydrogen-bond donors (Lipinski definition) is 0. The molecule has 0 saturated heterocycles. The second-order valence-electron chi connectivity index (χ2n) is 4.86. The van der Waals surface area contributed by atoms with Gasteiger partial charge in [-0.3, -0.25) is 6.08 Å². The van der Waals surface area contributed by atoms with Crippen molar-refractivity contribution in [2.45, 2.75) is 19.8 Å². The molecule has 25 heavy (non-hydrogen) atoms. The van der Waals surface area contributed by atoms with E-state index < -0.39 is 0 Å². The van der Waals surface area contributed by atoms with Crippen LogP contribution in [-0.4, -0.2) is 7.63 Å². The maximum absolute atomic E-state index is 3.30. The second kappa shape index (κ2) is 15.7. The molecule has 2 aromatic carbocycles. The third-order valence-corrected chi connectivity index (χ3v) is 3.48. The predicted molar refractivity (Wildman–Crippen MR) is 116 cm³/mol. The number of rotatable bonds is 0. The van der Waals surface area contributed by atoms with Crippen LogP contribution in [0.2, 0.25) is 0 Å². The Bertz CT molecular complexity index is 635. The molecule has 0 bridgehead atoms. The van der Waals surface area contributed by atoms with Gasteiger partial charge in [0.15, 0.2) is 0 Å². The zero-order valence-corrected chi connectivity index (χ0v) is 19.7. The molecule has 0 unspecified atom stereocenters. The molecule has 0 amide bonds. The maximum Gasteiger partial charge on any atom is -0.0253 e. The molecular formula is C21H26Cl2SiTi-4. The first kappa shape index (κ1) is 29.2. The van der Waals surface area contributed by atoms with Gasteiger partial charge < -0.3 is 14.9 Å². The van der Waals surface area contributed by atoms with Gasteiger partial charge in [-0.05, 0) is 6.42 Å². The maximum atomic E-state index is 3.30. The van der Waals surface area contributed by atoms with Crippen LogP contribution >= 0.6 is 24.8 Å². The molecule has 2 aromatic rings. The largest absolute Gasteiger partial charge is 0.179 e. The van der Waals surface area contributed by atoms with E-state index in [2.05, 4.69) is 67.6 Å². The summed E-state index contributed by atoms with van der Waals surface area (Å²) in [5.41, 5.74) is 6.78. The molecule has 0 spiro atoms. The van der Waals surface area contributed by atoms with Gasteiger partial charge in [0.2, 0.25) is 0 Å². The summed E-state index contributed by atoms with van der Waals surface area (Å²) in [6, 6.07) is 18.1. The summed E-state index contributed by atoms with van der Waals surface area (Å²) in [4.78, 5) is 0. The van der Waals surface area contributed by atoms with E-state index >= 15 is 0 Å². The molecular weight excluding hydrogens is 399 g/mol. The Balaban J connectivity index is -0.000000354. The van der Waals surface area contributed by atoms with Crippen molar-refractivity contribution in [2.75, 3.05) is 0 Å². The van der Waals surface area contributed by atoms with Gasteiger partial charge in [-0.2, -0.15) is 35.9 Å². The fourth-order valence-electron chi connectivity index (χ4n) is 2.51. The van der Waals surface area contributed by atoms with Gasteiger partial charge in [0.25, 0.3) is 0 Å². The van der Waals surface area contributed by atoms with Crippen LogP contribution in [0.25, 0.3) is 11.1 Å². The zero-order chi connectivity index (χ0) is 15.1. The average molecular weight is 425 g/mol. The molecule has 0 fully saturated rings. The van der Waals surface area contributed by atoms with E-state index in [4.69, 9.17) is 0 Å².